The summed E-state index contributed by atoms with van der Waals surface area (Å²) in [5.41, 5.74) is 1.13. The second-order valence-corrected chi connectivity index (χ2v) is 10.8. The van der Waals surface area contributed by atoms with Crippen molar-refractivity contribution in [2.45, 2.75) is 72.4 Å². The number of hydrogen-bond acceptors (Lipinski definition) is 7. The molecule has 1 aromatic carbocycles. The van der Waals surface area contributed by atoms with Gasteiger partial charge in [-0.25, -0.2) is 9.78 Å². The van der Waals surface area contributed by atoms with Crippen LogP contribution >= 0.6 is 23.2 Å². The van der Waals surface area contributed by atoms with E-state index in [4.69, 9.17) is 32.4 Å². The van der Waals surface area contributed by atoms with Gasteiger partial charge in [-0.05, 0) is 74.2 Å². The van der Waals surface area contributed by atoms with Gasteiger partial charge in [0.15, 0.2) is 12.0 Å². The lowest BCUT2D eigenvalue weighted by Crippen LogP contribution is -2.35. The number of carbonyl (C=O) groups excluding carboxylic acids is 2. The Bertz CT molecular complexity index is 1410. The van der Waals surface area contributed by atoms with Crippen LogP contribution in [0.3, 0.4) is 0 Å². The number of rotatable bonds is 9. The Morgan fingerprint density at radius 1 is 1.13 bits per heavy atom. The number of ether oxygens (including phenoxy) is 1. The number of hydrogen-bond donors (Lipinski definition) is 3. The first-order valence-corrected chi connectivity index (χ1v) is 13.0. The minimum absolute atomic E-state index is 0.00582. The molecule has 210 valence electrons. The number of nitrogens with zero attached hydrogens (tertiary/aromatic N) is 2. The second kappa shape index (κ2) is 12.7. The highest BCUT2D eigenvalue weighted by atomic mass is 35.5. The Labute approximate surface area is 236 Å². The van der Waals surface area contributed by atoms with E-state index in [1.807, 2.05) is 0 Å². The Morgan fingerprint density at radius 2 is 1.82 bits per heavy atom. The first-order chi connectivity index (χ1) is 18.2. The van der Waals surface area contributed by atoms with Crippen LogP contribution in [0.15, 0.2) is 39.7 Å². The number of nitrogens with one attached hydrogen (secondary N) is 2. The zero-order valence-corrected chi connectivity index (χ0v) is 23.9. The normalized spacial score (nSPS) is 12.2. The van der Waals surface area contributed by atoms with E-state index in [1.54, 1.807) is 65.1 Å². The number of oxazole rings is 1. The second-order valence-electron chi connectivity index (χ2n) is 10.0. The molecule has 12 heteroatoms. The zero-order chi connectivity index (χ0) is 28.9. The number of alkyl carbamates (subject to hydrolysis) is 1. The standard InChI is InChI=1S/C27H32Cl2N4O6/c1-15-8-10-33(11-9-20-23(29)38-16(2)32-20)25(36)21(15)22(34)24(35)30-14-18-12-19(28)7-6-17(18)13-31-26(37)39-27(3,4)5/h6-8,10,12,22,34H,9,11,13-14H2,1-5H3,(H,30,35)(H,31,37). The maximum absolute atomic E-state index is 13.1. The fourth-order valence-corrected chi connectivity index (χ4v) is 4.28. The Balaban J connectivity index is 1.70. The number of aromatic nitrogens is 2. The molecule has 0 bridgehead atoms. The minimum atomic E-state index is -1.70. The molecule has 10 nitrogen and oxygen atoms in total. The van der Waals surface area contributed by atoms with Gasteiger partial charge < -0.3 is 29.5 Å². The SMILES string of the molecule is Cc1nc(CCn2ccc(C)c(C(O)C(=O)NCc3cc(Cl)ccc3CNC(=O)OC(C)(C)C)c2=O)c(Cl)o1. The van der Waals surface area contributed by atoms with Gasteiger partial charge >= 0.3 is 6.09 Å². The quantitative estimate of drug-likeness (QED) is 0.343. The van der Waals surface area contributed by atoms with Gasteiger partial charge in [0, 0.05) is 44.2 Å². The van der Waals surface area contributed by atoms with E-state index in [-0.39, 0.29) is 30.4 Å². The van der Waals surface area contributed by atoms with Gasteiger partial charge in [-0.1, -0.05) is 17.7 Å². The number of carbonyl (C=O) groups is 2. The van der Waals surface area contributed by atoms with Gasteiger partial charge in [-0.2, -0.15) is 0 Å². The summed E-state index contributed by atoms with van der Waals surface area (Å²) in [6.07, 6.45) is -0.372. The third-order valence-electron chi connectivity index (χ3n) is 5.73. The molecule has 3 N–H and O–H groups in total. The molecule has 0 spiro atoms. The molecule has 3 rings (SSSR count). The molecule has 0 aliphatic rings. The summed E-state index contributed by atoms with van der Waals surface area (Å²) < 4.78 is 11.9. The number of aryl methyl sites for hydroxylation is 4. The van der Waals surface area contributed by atoms with Crippen molar-refractivity contribution < 1.29 is 23.8 Å². The van der Waals surface area contributed by atoms with Crippen LogP contribution in [0.2, 0.25) is 10.2 Å². The van der Waals surface area contributed by atoms with Crippen LogP contribution in [0.5, 0.6) is 0 Å². The highest BCUT2D eigenvalue weighted by molar-refractivity contribution is 6.30. The van der Waals surface area contributed by atoms with Crippen LogP contribution in [-0.4, -0.2) is 32.3 Å². The maximum atomic E-state index is 13.1. The minimum Gasteiger partial charge on any atom is -0.444 e. The third kappa shape index (κ3) is 8.32. The van der Waals surface area contributed by atoms with Crippen molar-refractivity contribution in [3.05, 3.63) is 84.9 Å². The summed E-state index contributed by atoms with van der Waals surface area (Å²) in [5.74, 6) is -0.336. The summed E-state index contributed by atoms with van der Waals surface area (Å²) >= 11 is 12.2. The van der Waals surface area contributed by atoms with Gasteiger partial charge in [0.2, 0.25) is 5.22 Å². The number of aliphatic hydroxyl groups excluding tert-OH is 1. The van der Waals surface area contributed by atoms with Crippen LogP contribution in [0.1, 0.15) is 60.7 Å². The van der Waals surface area contributed by atoms with E-state index in [1.165, 1.54) is 4.57 Å². The average Bonchev–Trinajstić information content (AvgIpc) is 3.16. The molecule has 1 unspecified atom stereocenters. The largest absolute Gasteiger partial charge is 0.444 e. The molecule has 0 saturated heterocycles. The summed E-state index contributed by atoms with van der Waals surface area (Å²) in [7, 11) is 0. The van der Waals surface area contributed by atoms with Gasteiger partial charge in [-0.15, -0.1) is 0 Å². The molecule has 3 aromatic rings. The fourth-order valence-electron chi connectivity index (χ4n) is 3.84. The molecule has 39 heavy (non-hydrogen) atoms. The number of aliphatic hydroxyl groups is 1. The number of benzene rings is 1. The first kappa shape index (κ1) is 30.2. The van der Waals surface area contributed by atoms with Crippen LogP contribution in [0, 0.1) is 13.8 Å². The molecule has 0 fully saturated rings. The first-order valence-electron chi connectivity index (χ1n) is 12.3. The molecule has 0 aliphatic carbocycles. The summed E-state index contributed by atoms with van der Waals surface area (Å²) in [5, 5.41) is 16.7. The third-order valence-corrected chi connectivity index (χ3v) is 6.26. The van der Waals surface area contributed by atoms with E-state index >= 15 is 0 Å². The summed E-state index contributed by atoms with van der Waals surface area (Å²) in [6, 6.07) is 6.69. The van der Waals surface area contributed by atoms with Crippen molar-refractivity contribution >= 4 is 35.2 Å². The topological polar surface area (TPSA) is 136 Å². The smallest absolute Gasteiger partial charge is 0.407 e. The molecule has 1 atom stereocenters. The Hall–Kier alpha value is -3.34. The van der Waals surface area contributed by atoms with Crippen molar-refractivity contribution in [2.24, 2.45) is 0 Å². The molecular weight excluding hydrogens is 547 g/mol. The monoisotopic (exact) mass is 578 g/mol. The fraction of sp³-hybridized carbons (Fsp3) is 0.407. The van der Waals surface area contributed by atoms with Gasteiger partial charge in [0.25, 0.3) is 11.5 Å². The van der Waals surface area contributed by atoms with Crippen LogP contribution in [0.4, 0.5) is 4.79 Å². The van der Waals surface area contributed by atoms with Gasteiger partial charge in [-0.3, -0.25) is 9.59 Å². The summed E-state index contributed by atoms with van der Waals surface area (Å²) in [6.45, 7) is 8.97. The van der Waals surface area contributed by atoms with E-state index in [0.29, 0.717) is 39.7 Å². The molecule has 2 aromatic heterocycles. The van der Waals surface area contributed by atoms with E-state index < -0.39 is 29.3 Å². The van der Waals surface area contributed by atoms with Crippen LogP contribution < -0.4 is 16.2 Å². The lowest BCUT2D eigenvalue weighted by Gasteiger charge is -2.20. The Morgan fingerprint density at radius 3 is 2.46 bits per heavy atom. The van der Waals surface area contributed by atoms with Gasteiger partial charge in [0.05, 0.1) is 5.56 Å². The highest BCUT2D eigenvalue weighted by Gasteiger charge is 2.24. The zero-order valence-electron chi connectivity index (χ0n) is 22.4. The lowest BCUT2D eigenvalue weighted by molar-refractivity contribution is -0.129. The van der Waals surface area contributed by atoms with Crippen molar-refractivity contribution in [1.82, 2.24) is 20.2 Å². The molecular formula is C27H32Cl2N4O6. The van der Waals surface area contributed by atoms with Crippen molar-refractivity contribution in [3.63, 3.8) is 0 Å². The van der Waals surface area contributed by atoms with E-state index in [2.05, 4.69) is 15.6 Å². The van der Waals surface area contributed by atoms with Crippen molar-refractivity contribution in [2.75, 3.05) is 0 Å². The molecule has 2 amide bonds. The number of amides is 2. The van der Waals surface area contributed by atoms with E-state index in [0.717, 1.165) is 0 Å². The lowest BCUT2D eigenvalue weighted by atomic mass is 10.0. The number of halogens is 2. The predicted octanol–water partition coefficient (Wildman–Crippen LogP) is 4.38. The maximum Gasteiger partial charge on any atom is 0.407 e. The molecule has 0 saturated carbocycles. The van der Waals surface area contributed by atoms with Crippen LogP contribution in [-0.2, 0) is 35.6 Å². The number of pyridine rings is 1. The predicted molar refractivity (Wildman–Crippen MR) is 147 cm³/mol. The van der Waals surface area contributed by atoms with Crippen LogP contribution in [0.25, 0.3) is 0 Å². The van der Waals surface area contributed by atoms with E-state index in [9.17, 15) is 19.5 Å². The molecule has 2 heterocycles. The summed E-state index contributed by atoms with van der Waals surface area (Å²) in [4.78, 5) is 42.3. The van der Waals surface area contributed by atoms with Crippen molar-refractivity contribution in [1.29, 1.82) is 0 Å². The highest BCUT2D eigenvalue weighted by Crippen LogP contribution is 2.20. The van der Waals surface area contributed by atoms with Crippen molar-refractivity contribution in [3.8, 4) is 0 Å². The van der Waals surface area contributed by atoms with Gasteiger partial charge in [0.1, 0.15) is 11.3 Å². The Kier molecular flexibility index (Phi) is 9.82. The average molecular weight is 579 g/mol. The molecule has 0 aliphatic heterocycles. The molecule has 0 radical (unpaired) electrons.